The minimum absolute atomic E-state index is 0.409. The molecule has 1 fully saturated rings. The number of rotatable bonds is 2. The molecule has 1 saturated carbocycles. The Kier molecular flexibility index (Phi) is 3.39. The second kappa shape index (κ2) is 4.00. The Bertz CT molecular complexity index is 165. The lowest BCUT2D eigenvalue weighted by Crippen LogP contribution is -2.42. The lowest BCUT2D eigenvalue weighted by atomic mass is 9.61. The highest BCUT2D eigenvalue weighted by molar-refractivity contribution is 4.90. The van der Waals surface area contributed by atoms with Crippen molar-refractivity contribution < 1.29 is 0 Å². The molecule has 0 aromatic heterocycles. The van der Waals surface area contributed by atoms with E-state index in [1.807, 2.05) is 0 Å². The van der Waals surface area contributed by atoms with Crippen LogP contribution in [0.3, 0.4) is 0 Å². The molecule has 0 radical (unpaired) electrons. The summed E-state index contributed by atoms with van der Waals surface area (Å²) in [7, 11) is 0. The first-order valence-corrected chi connectivity index (χ1v) is 5.69. The van der Waals surface area contributed by atoms with Gasteiger partial charge in [0.05, 0.1) is 0 Å². The molecule has 13 heavy (non-hydrogen) atoms. The van der Waals surface area contributed by atoms with E-state index in [9.17, 15) is 0 Å². The van der Waals surface area contributed by atoms with Crippen LogP contribution in [0.5, 0.6) is 0 Å². The second-order valence-electron chi connectivity index (χ2n) is 5.60. The summed E-state index contributed by atoms with van der Waals surface area (Å²) in [6.45, 7) is 10.3. The van der Waals surface area contributed by atoms with Crippen LogP contribution in [0.4, 0.5) is 0 Å². The maximum atomic E-state index is 5.93. The third-order valence-electron chi connectivity index (χ3n) is 3.95. The SMILES string of the molecule is CC(C)[C@@H]1CC[C@@H](C)C[C@@]1(C)CN. The van der Waals surface area contributed by atoms with Crippen LogP contribution >= 0.6 is 0 Å². The van der Waals surface area contributed by atoms with Gasteiger partial charge in [-0.2, -0.15) is 0 Å². The van der Waals surface area contributed by atoms with Crippen molar-refractivity contribution in [1.29, 1.82) is 0 Å². The summed E-state index contributed by atoms with van der Waals surface area (Å²) in [6.07, 6.45) is 4.11. The Balaban J connectivity index is 2.72. The molecule has 0 aromatic rings. The summed E-state index contributed by atoms with van der Waals surface area (Å²) in [5.41, 5.74) is 6.34. The third kappa shape index (κ3) is 2.25. The van der Waals surface area contributed by atoms with Gasteiger partial charge in [0.2, 0.25) is 0 Å². The highest BCUT2D eigenvalue weighted by atomic mass is 14.6. The average molecular weight is 183 g/mol. The maximum absolute atomic E-state index is 5.93. The average Bonchev–Trinajstić information content (AvgIpc) is 2.03. The highest BCUT2D eigenvalue weighted by Crippen LogP contribution is 2.46. The van der Waals surface area contributed by atoms with E-state index >= 15 is 0 Å². The zero-order valence-corrected chi connectivity index (χ0v) is 9.64. The lowest BCUT2D eigenvalue weighted by molar-refractivity contribution is 0.0570. The molecule has 0 aliphatic heterocycles. The van der Waals surface area contributed by atoms with Gasteiger partial charge in [0.15, 0.2) is 0 Å². The van der Waals surface area contributed by atoms with Gasteiger partial charge >= 0.3 is 0 Å². The highest BCUT2D eigenvalue weighted by Gasteiger charge is 2.39. The first-order chi connectivity index (χ1) is 5.99. The number of hydrogen-bond donors (Lipinski definition) is 1. The van der Waals surface area contributed by atoms with Gasteiger partial charge in [0, 0.05) is 0 Å². The molecule has 0 aromatic carbocycles. The fourth-order valence-electron chi connectivity index (χ4n) is 3.23. The standard InChI is InChI=1S/C12H25N/c1-9(2)11-6-5-10(3)7-12(11,4)8-13/h9-11H,5-8,13H2,1-4H3/t10-,11+,12+/m1/s1. The first kappa shape index (κ1) is 11.0. The zero-order chi connectivity index (χ0) is 10.1. The monoisotopic (exact) mass is 183 g/mol. The van der Waals surface area contributed by atoms with E-state index in [-0.39, 0.29) is 0 Å². The van der Waals surface area contributed by atoms with Crippen molar-refractivity contribution in [2.24, 2.45) is 28.9 Å². The lowest BCUT2D eigenvalue weighted by Gasteiger charge is -2.45. The Morgan fingerprint density at radius 2 is 2.00 bits per heavy atom. The van der Waals surface area contributed by atoms with Crippen LogP contribution < -0.4 is 5.73 Å². The minimum Gasteiger partial charge on any atom is -0.330 e. The van der Waals surface area contributed by atoms with Crippen LogP contribution in [0.2, 0.25) is 0 Å². The van der Waals surface area contributed by atoms with Gasteiger partial charge in [0.1, 0.15) is 0 Å². The van der Waals surface area contributed by atoms with Crippen LogP contribution in [0, 0.1) is 23.2 Å². The van der Waals surface area contributed by atoms with E-state index in [0.29, 0.717) is 5.41 Å². The Hall–Kier alpha value is -0.0400. The molecule has 78 valence electrons. The van der Waals surface area contributed by atoms with Crippen LogP contribution in [0.25, 0.3) is 0 Å². The predicted molar refractivity (Wildman–Crippen MR) is 58.5 cm³/mol. The van der Waals surface area contributed by atoms with Gasteiger partial charge in [-0.3, -0.25) is 0 Å². The summed E-state index contributed by atoms with van der Waals surface area (Å²) in [6, 6.07) is 0. The van der Waals surface area contributed by atoms with E-state index in [2.05, 4.69) is 27.7 Å². The fraction of sp³-hybridized carbons (Fsp3) is 1.00. The van der Waals surface area contributed by atoms with Crippen molar-refractivity contribution in [3.8, 4) is 0 Å². The van der Waals surface area contributed by atoms with Crippen LogP contribution in [0.1, 0.15) is 47.0 Å². The van der Waals surface area contributed by atoms with E-state index in [1.165, 1.54) is 19.3 Å². The molecule has 1 heteroatoms. The van der Waals surface area contributed by atoms with E-state index in [1.54, 1.807) is 0 Å². The number of hydrogen-bond acceptors (Lipinski definition) is 1. The number of nitrogens with two attached hydrogens (primary N) is 1. The summed E-state index contributed by atoms with van der Waals surface area (Å²) in [4.78, 5) is 0. The summed E-state index contributed by atoms with van der Waals surface area (Å²) >= 11 is 0. The summed E-state index contributed by atoms with van der Waals surface area (Å²) < 4.78 is 0. The topological polar surface area (TPSA) is 26.0 Å². The smallest absolute Gasteiger partial charge is 0.00203 e. The van der Waals surface area contributed by atoms with Gasteiger partial charge in [-0.15, -0.1) is 0 Å². The molecule has 0 amide bonds. The molecule has 0 heterocycles. The molecule has 0 spiro atoms. The van der Waals surface area contributed by atoms with Crippen LogP contribution in [-0.2, 0) is 0 Å². The van der Waals surface area contributed by atoms with E-state index < -0.39 is 0 Å². The van der Waals surface area contributed by atoms with Crippen molar-refractivity contribution in [3.05, 3.63) is 0 Å². The van der Waals surface area contributed by atoms with Crippen molar-refractivity contribution in [2.75, 3.05) is 6.54 Å². The molecule has 0 unspecified atom stereocenters. The van der Waals surface area contributed by atoms with Crippen LogP contribution in [-0.4, -0.2) is 6.54 Å². The second-order valence-corrected chi connectivity index (χ2v) is 5.60. The quantitative estimate of drug-likeness (QED) is 0.699. The molecule has 1 rings (SSSR count). The fourth-order valence-corrected chi connectivity index (χ4v) is 3.23. The van der Waals surface area contributed by atoms with Crippen LogP contribution in [0.15, 0.2) is 0 Å². The van der Waals surface area contributed by atoms with Gasteiger partial charge in [-0.05, 0) is 42.6 Å². The molecule has 3 atom stereocenters. The maximum Gasteiger partial charge on any atom is -0.00203 e. The van der Waals surface area contributed by atoms with Crippen molar-refractivity contribution in [1.82, 2.24) is 0 Å². The molecule has 1 nitrogen and oxygen atoms in total. The Morgan fingerprint density at radius 3 is 2.46 bits per heavy atom. The summed E-state index contributed by atoms with van der Waals surface area (Å²) in [5.74, 6) is 2.51. The first-order valence-electron chi connectivity index (χ1n) is 5.69. The van der Waals surface area contributed by atoms with Gasteiger partial charge in [0.25, 0.3) is 0 Å². The molecule has 0 bridgehead atoms. The van der Waals surface area contributed by atoms with E-state index in [0.717, 1.165) is 24.3 Å². The van der Waals surface area contributed by atoms with Crippen molar-refractivity contribution >= 4 is 0 Å². The minimum atomic E-state index is 0.409. The van der Waals surface area contributed by atoms with E-state index in [4.69, 9.17) is 5.73 Å². The third-order valence-corrected chi connectivity index (χ3v) is 3.95. The van der Waals surface area contributed by atoms with Gasteiger partial charge < -0.3 is 5.73 Å². The van der Waals surface area contributed by atoms with Gasteiger partial charge in [-0.1, -0.05) is 34.1 Å². The Morgan fingerprint density at radius 1 is 1.38 bits per heavy atom. The van der Waals surface area contributed by atoms with Crippen molar-refractivity contribution in [3.63, 3.8) is 0 Å². The molecule has 1 aliphatic rings. The molecule has 0 saturated heterocycles. The molecular weight excluding hydrogens is 158 g/mol. The molecule has 1 aliphatic carbocycles. The molecule has 2 N–H and O–H groups in total. The zero-order valence-electron chi connectivity index (χ0n) is 9.64. The summed E-state index contributed by atoms with van der Waals surface area (Å²) in [5, 5.41) is 0. The van der Waals surface area contributed by atoms with Crippen molar-refractivity contribution in [2.45, 2.75) is 47.0 Å². The predicted octanol–water partition coefficient (Wildman–Crippen LogP) is 3.04. The van der Waals surface area contributed by atoms with Gasteiger partial charge in [-0.25, -0.2) is 0 Å². The molecular formula is C12H25N. The largest absolute Gasteiger partial charge is 0.330 e. The normalized spacial score (nSPS) is 41.1. The Labute approximate surface area is 83.1 Å².